The quantitative estimate of drug-likeness (QED) is 0.642. The molecule has 5 heteroatoms. The van der Waals surface area contributed by atoms with E-state index in [-0.39, 0.29) is 12.2 Å². The highest BCUT2D eigenvalue weighted by Crippen LogP contribution is 2.26. The number of hydrogen-bond acceptors (Lipinski definition) is 5. The number of ketones is 1. The lowest BCUT2D eigenvalue weighted by atomic mass is 10.0. The number of anilines is 2. The van der Waals surface area contributed by atoms with E-state index in [4.69, 9.17) is 16.2 Å². The molecule has 0 radical (unpaired) electrons. The minimum atomic E-state index is -0.115. The number of nitrogens with two attached hydrogens (primary N) is 2. The predicted octanol–water partition coefficient (Wildman–Crippen LogP) is 1.68. The van der Waals surface area contributed by atoms with Gasteiger partial charge in [-0.1, -0.05) is 12.1 Å². The molecule has 0 fully saturated rings. The Morgan fingerprint density at radius 2 is 2.05 bits per heavy atom. The molecule has 1 aromatic carbocycles. The zero-order valence-electron chi connectivity index (χ0n) is 10.6. The maximum Gasteiger partial charge on any atom is 0.169 e. The summed E-state index contributed by atoms with van der Waals surface area (Å²) in [7, 11) is 1.51. The van der Waals surface area contributed by atoms with Gasteiger partial charge in [0.15, 0.2) is 5.78 Å². The van der Waals surface area contributed by atoms with Gasteiger partial charge >= 0.3 is 0 Å². The number of Topliss-reactive ketones (excluding diaryl/α,β-unsaturated/α-hetero) is 1. The average Bonchev–Trinajstić information content (AvgIpc) is 2.41. The SMILES string of the molecule is COc1cccc(C(=O)Cc2cccnc2N)c1N. The molecule has 0 aliphatic rings. The van der Waals surface area contributed by atoms with Crippen molar-refractivity contribution >= 4 is 17.3 Å². The zero-order valence-corrected chi connectivity index (χ0v) is 10.6. The smallest absolute Gasteiger partial charge is 0.169 e. The molecule has 4 N–H and O–H groups in total. The third kappa shape index (κ3) is 2.65. The number of hydrogen-bond donors (Lipinski definition) is 2. The van der Waals surface area contributed by atoms with Gasteiger partial charge in [0, 0.05) is 23.7 Å². The van der Waals surface area contributed by atoms with E-state index in [9.17, 15) is 4.79 Å². The molecule has 5 nitrogen and oxygen atoms in total. The number of nitrogen functional groups attached to an aromatic ring is 2. The molecule has 1 aromatic heterocycles. The number of methoxy groups -OCH3 is 1. The van der Waals surface area contributed by atoms with Crippen molar-refractivity contribution in [3.63, 3.8) is 0 Å². The molecule has 2 rings (SSSR count). The van der Waals surface area contributed by atoms with E-state index < -0.39 is 0 Å². The Bertz CT molecular complexity index is 611. The molecule has 1 heterocycles. The molecule has 0 aliphatic carbocycles. The Hall–Kier alpha value is -2.56. The van der Waals surface area contributed by atoms with Crippen LogP contribution >= 0.6 is 0 Å². The van der Waals surface area contributed by atoms with Crippen molar-refractivity contribution in [1.82, 2.24) is 4.98 Å². The summed E-state index contributed by atoms with van der Waals surface area (Å²) in [5.74, 6) is 0.735. The second kappa shape index (κ2) is 5.39. The van der Waals surface area contributed by atoms with Crippen LogP contribution in [0.15, 0.2) is 36.5 Å². The fourth-order valence-corrected chi connectivity index (χ4v) is 1.83. The van der Waals surface area contributed by atoms with Gasteiger partial charge in [-0.15, -0.1) is 0 Å². The molecule has 98 valence electrons. The van der Waals surface area contributed by atoms with Gasteiger partial charge in [-0.25, -0.2) is 4.98 Å². The highest BCUT2D eigenvalue weighted by Gasteiger charge is 2.14. The van der Waals surface area contributed by atoms with E-state index in [0.717, 1.165) is 0 Å². The van der Waals surface area contributed by atoms with E-state index >= 15 is 0 Å². The highest BCUT2D eigenvalue weighted by atomic mass is 16.5. The van der Waals surface area contributed by atoms with Crippen molar-refractivity contribution in [3.05, 3.63) is 47.7 Å². The van der Waals surface area contributed by atoms with Gasteiger partial charge in [-0.3, -0.25) is 4.79 Å². The van der Waals surface area contributed by atoms with Gasteiger partial charge in [0.2, 0.25) is 0 Å². The summed E-state index contributed by atoms with van der Waals surface area (Å²) >= 11 is 0. The molecule has 0 bridgehead atoms. The van der Waals surface area contributed by atoms with Gasteiger partial charge in [0.25, 0.3) is 0 Å². The van der Waals surface area contributed by atoms with Crippen LogP contribution in [-0.2, 0) is 6.42 Å². The Labute approximate surface area is 111 Å². The van der Waals surface area contributed by atoms with Gasteiger partial charge in [0.05, 0.1) is 12.8 Å². The summed E-state index contributed by atoms with van der Waals surface area (Å²) in [6, 6.07) is 8.64. The molecule has 0 saturated heterocycles. The first-order valence-corrected chi connectivity index (χ1v) is 5.78. The van der Waals surface area contributed by atoms with Gasteiger partial charge in [0.1, 0.15) is 11.6 Å². The third-order valence-corrected chi connectivity index (χ3v) is 2.86. The second-order valence-corrected chi connectivity index (χ2v) is 4.07. The second-order valence-electron chi connectivity index (χ2n) is 4.07. The number of nitrogens with zero attached hydrogens (tertiary/aromatic N) is 1. The summed E-state index contributed by atoms with van der Waals surface area (Å²) in [5.41, 5.74) is 13.1. The zero-order chi connectivity index (χ0) is 13.8. The van der Waals surface area contributed by atoms with Crippen LogP contribution < -0.4 is 16.2 Å². The Kier molecular flexibility index (Phi) is 3.66. The normalized spacial score (nSPS) is 10.2. The summed E-state index contributed by atoms with van der Waals surface area (Å²) < 4.78 is 5.10. The fraction of sp³-hybridized carbons (Fsp3) is 0.143. The maximum absolute atomic E-state index is 12.2. The van der Waals surface area contributed by atoms with E-state index in [1.54, 1.807) is 36.5 Å². The first-order chi connectivity index (χ1) is 9.13. The third-order valence-electron chi connectivity index (χ3n) is 2.86. The van der Waals surface area contributed by atoms with E-state index in [1.807, 2.05) is 0 Å². The van der Waals surface area contributed by atoms with E-state index in [2.05, 4.69) is 4.98 Å². The molecule has 19 heavy (non-hydrogen) atoms. The van der Waals surface area contributed by atoms with E-state index in [0.29, 0.717) is 28.4 Å². The van der Waals surface area contributed by atoms with Gasteiger partial charge in [-0.05, 0) is 18.2 Å². The van der Waals surface area contributed by atoms with Crippen molar-refractivity contribution in [2.24, 2.45) is 0 Å². The largest absolute Gasteiger partial charge is 0.495 e. The lowest BCUT2D eigenvalue weighted by Gasteiger charge is -2.09. The molecule has 0 saturated carbocycles. The molecule has 0 aliphatic heterocycles. The van der Waals surface area contributed by atoms with Crippen molar-refractivity contribution in [1.29, 1.82) is 0 Å². The minimum absolute atomic E-state index is 0.115. The van der Waals surface area contributed by atoms with Crippen molar-refractivity contribution in [2.75, 3.05) is 18.6 Å². The molecule has 0 amide bonds. The summed E-state index contributed by atoms with van der Waals surface area (Å²) in [5, 5.41) is 0. The molecular formula is C14H15N3O2. The Morgan fingerprint density at radius 3 is 2.74 bits per heavy atom. The van der Waals surface area contributed by atoms with Crippen LogP contribution in [-0.4, -0.2) is 17.9 Å². The monoisotopic (exact) mass is 257 g/mol. The number of rotatable bonds is 4. The Morgan fingerprint density at radius 1 is 1.26 bits per heavy atom. The van der Waals surface area contributed by atoms with Crippen LogP contribution in [0, 0.1) is 0 Å². The van der Waals surface area contributed by atoms with Crippen molar-refractivity contribution in [2.45, 2.75) is 6.42 Å². The number of aromatic nitrogens is 1. The predicted molar refractivity (Wildman–Crippen MR) is 74.1 cm³/mol. The topological polar surface area (TPSA) is 91.2 Å². The minimum Gasteiger partial charge on any atom is -0.495 e. The standard InChI is InChI=1S/C14H15N3O2/c1-19-12-6-2-5-10(13(12)15)11(18)8-9-4-3-7-17-14(9)16/h2-7H,8,15H2,1H3,(H2,16,17). The summed E-state index contributed by atoms with van der Waals surface area (Å²) in [4.78, 5) is 16.2. The number of para-hydroxylation sites is 1. The van der Waals surface area contributed by atoms with Gasteiger partial charge < -0.3 is 16.2 Å². The number of pyridine rings is 1. The highest BCUT2D eigenvalue weighted by molar-refractivity contribution is 6.03. The fourth-order valence-electron chi connectivity index (χ4n) is 1.83. The van der Waals surface area contributed by atoms with Gasteiger partial charge in [-0.2, -0.15) is 0 Å². The maximum atomic E-state index is 12.2. The molecule has 0 unspecified atom stereocenters. The van der Waals surface area contributed by atoms with Crippen molar-refractivity contribution in [3.8, 4) is 5.75 Å². The lowest BCUT2D eigenvalue weighted by Crippen LogP contribution is -2.10. The van der Waals surface area contributed by atoms with Crippen LogP contribution in [0.4, 0.5) is 11.5 Å². The average molecular weight is 257 g/mol. The lowest BCUT2D eigenvalue weighted by molar-refractivity contribution is 0.0993. The number of carbonyl (C=O) groups is 1. The number of benzene rings is 1. The van der Waals surface area contributed by atoms with Crippen LogP contribution in [0.5, 0.6) is 5.75 Å². The Balaban J connectivity index is 2.28. The van der Waals surface area contributed by atoms with Crippen molar-refractivity contribution < 1.29 is 9.53 Å². The molecule has 0 atom stereocenters. The summed E-state index contributed by atoms with van der Waals surface area (Å²) in [6.45, 7) is 0. The first kappa shape index (κ1) is 12.9. The number of ether oxygens (including phenoxy) is 1. The van der Waals surface area contributed by atoms with Crippen LogP contribution in [0.1, 0.15) is 15.9 Å². The molecular weight excluding hydrogens is 242 g/mol. The molecule has 2 aromatic rings. The van der Waals surface area contributed by atoms with E-state index in [1.165, 1.54) is 7.11 Å². The molecule has 0 spiro atoms. The number of carbonyl (C=O) groups excluding carboxylic acids is 1. The first-order valence-electron chi connectivity index (χ1n) is 5.78. The summed E-state index contributed by atoms with van der Waals surface area (Å²) in [6.07, 6.45) is 1.75. The van der Waals surface area contributed by atoms with Crippen LogP contribution in [0.2, 0.25) is 0 Å². The van der Waals surface area contributed by atoms with Crippen LogP contribution in [0.25, 0.3) is 0 Å². The van der Waals surface area contributed by atoms with Crippen LogP contribution in [0.3, 0.4) is 0 Å².